The number of hydrogen-bond donors (Lipinski definition) is 1. The third-order valence-electron chi connectivity index (χ3n) is 4.46. The normalized spacial score (nSPS) is 25.6. The lowest BCUT2D eigenvalue weighted by molar-refractivity contribution is 0.154. The van der Waals surface area contributed by atoms with Gasteiger partial charge in [0.25, 0.3) is 0 Å². The quantitative estimate of drug-likeness (QED) is 0.826. The van der Waals surface area contributed by atoms with Crippen LogP contribution in [0.5, 0.6) is 0 Å². The molecule has 1 saturated carbocycles. The van der Waals surface area contributed by atoms with Crippen molar-refractivity contribution in [1.82, 2.24) is 4.90 Å². The van der Waals surface area contributed by atoms with E-state index in [2.05, 4.69) is 24.1 Å². The van der Waals surface area contributed by atoms with Crippen LogP contribution in [-0.4, -0.2) is 37.7 Å². The lowest BCUT2D eigenvalue weighted by Crippen LogP contribution is -2.38. The van der Waals surface area contributed by atoms with Crippen LogP contribution in [0.25, 0.3) is 0 Å². The van der Waals surface area contributed by atoms with Crippen LogP contribution in [0.2, 0.25) is 0 Å². The van der Waals surface area contributed by atoms with Gasteiger partial charge in [0.2, 0.25) is 0 Å². The van der Waals surface area contributed by atoms with Crippen molar-refractivity contribution >= 4 is 5.69 Å². The molecule has 3 heteroatoms. The summed E-state index contributed by atoms with van der Waals surface area (Å²) in [5, 5.41) is 0. The lowest BCUT2D eigenvalue weighted by atomic mass is 9.94. The minimum atomic E-state index is 0.380. The Bertz CT molecular complexity index is 405. The van der Waals surface area contributed by atoms with E-state index in [4.69, 9.17) is 10.5 Å². The van der Waals surface area contributed by atoms with E-state index in [1.54, 1.807) is 0 Å². The van der Waals surface area contributed by atoms with E-state index in [0.29, 0.717) is 11.5 Å². The second-order valence-electron chi connectivity index (χ2n) is 5.83. The van der Waals surface area contributed by atoms with Crippen molar-refractivity contribution in [3.63, 3.8) is 0 Å². The van der Waals surface area contributed by atoms with E-state index < -0.39 is 0 Å². The highest BCUT2D eigenvalue weighted by molar-refractivity contribution is 5.43. The number of benzene rings is 1. The molecule has 1 aromatic carbocycles. The Morgan fingerprint density at radius 3 is 2.61 bits per heavy atom. The van der Waals surface area contributed by atoms with Crippen molar-refractivity contribution in [2.24, 2.45) is 0 Å². The maximum absolute atomic E-state index is 5.76. The maximum atomic E-state index is 5.76. The Morgan fingerprint density at radius 1 is 1.33 bits per heavy atom. The molecule has 2 N–H and O–H groups in total. The van der Waals surface area contributed by atoms with E-state index >= 15 is 0 Å². The Kier molecular flexibility index (Phi) is 3.04. The molecule has 18 heavy (non-hydrogen) atoms. The number of nitrogen functional groups attached to an aromatic ring is 1. The molecule has 0 radical (unpaired) electrons. The van der Waals surface area contributed by atoms with E-state index in [1.165, 1.54) is 24.8 Å². The van der Waals surface area contributed by atoms with Crippen LogP contribution < -0.4 is 5.73 Å². The van der Waals surface area contributed by atoms with Gasteiger partial charge in [-0.1, -0.05) is 12.1 Å². The number of rotatable bonds is 4. The van der Waals surface area contributed by atoms with Crippen molar-refractivity contribution in [3.8, 4) is 0 Å². The van der Waals surface area contributed by atoms with E-state index in [-0.39, 0.29) is 0 Å². The van der Waals surface area contributed by atoms with Gasteiger partial charge >= 0.3 is 0 Å². The van der Waals surface area contributed by atoms with Crippen molar-refractivity contribution in [2.45, 2.75) is 30.7 Å². The fourth-order valence-corrected chi connectivity index (χ4v) is 3.00. The number of hydrogen-bond acceptors (Lipinski definition) is 3. The SMILES string of the molecule is CN(CC1(c2ccc(N)cc2)CC1)C1CCOC1. The highest BCUT2D eigenvalue weighted by atomic mass is 16.5. The molecular formula is C15H22N2O. The zero-order chi connectivity index (χ0) is 12.6. The summed E-state index contributed by atoms with van der Waals surface area (Å²) in [7, 11) is 2.23. The van der Waals surface area contributed by atoms with E-state index in [9.17, 15) is 0 Å². The van der Waals surface area contributed by atoms with Crippen LogP contribution in [0.1, 0.15) is 24.8 Å². The first-order chi connectivity index (χ1) is 8.70. The van der Waals surface area contributed by atoms with Crippen molar-refractivity contribution in [1.29, 1.82) is 0 Å². The summed E-state index contributed by atoms with van der Waals surface area (Å²) >= 11 is 0. The first kappa shape index (κ1) is 12.0. The highest BCUT2D eigenvalue weighted by Gasteiger charge is 2.45. The summed E-state index contributed by atoms with van der Waals surface area (Å²) < 4.78 is 5.48. The third kappa shape index (κ3) is 2.25. The monoisotopic (exact) mass is 246 g/mol. The summed E-state index contributed by atoms with van der Waals surface area (Å²) in [6, 6.07) is 9.04. The Labute approximate surface area is 109 Å². The standard InChI is InChI=1S/C15H22N2O/c1-17(14-6-9-18-10-14)11-15(7-8-15)12-2-4-13(16)5-3-12/h2-5,14H,6-11,16H2,1H3. The molecule has 0 amide bonds. The average Bonchev–Trinajstić information content (AvgIpc) is 2.94. The molecule has 1 aromatic rings. The van der Waals surface area contributed by atoms with Gasteiger partial charge in [0, 0.05) is 30.3 Å². The Morgan fingerprint density at radius 2 is 2.06 bits per heavy atom. The number of anilines is 1. The van der Waals surface area contributed by atoms with Gasteiger partial charge in [-0.15, -0.1) is 0 Å². The molecule has 0 bridgehead atoms. The number of nitrogens with zero attached hydrogens (tertiary/aromatic N) is 1. The van der Waals surface area contributed by atoms with Gasteiger partial charge in [-0.3, -0.25) is 0 Å². The minimum absolute atomic E-state index is 0.380. The highest BCUT2D eigenvalue weighted by Crippen LogP contribution is 2.49. The van der Waals surface area contributed by atoms with Crippen molar-refractivity contribution < 1.29 is 4.74 Å². The lowest BCUT2D eigenvalue weighted by Gasteiger charge is -2.28. The fraction of sp³-hybridized carbons (Fsp3) is 0.600. The van der Waals surface area contributed by atoms with Crippen LogP contribution in [0.15, 0.2) is 24.3 Å². The Balaban J connectivity index is 1.69. The maximum Gasteiger partial charge on any atom is 0.0622 e. The van der Waals surface area contributed by atoms with Crippen LogP contribution in [0.3, 0.4) is 0 Å². The van der Waals surface area contributed by atoms with Crippen LogP contribution in [0, 0.1) is 0 Å². The average molecular weight is 246 g/mol. The van der Waals surface area contributed by atoms with Gasteiger partial charge < -0.3 is 15.4 Å². The molecule has 2 fully saturated rings. The molecule has 0 aromatic heterocycles. The molecule has 2 aliphatic rings. The summed E-state index contributed by atoms with van der Waals surface area (Å²) in [5.41, 5.74) is 8.44. The molecule has 3 nitrogen and oxygen atoms in total. The molecule has 1 aliphatic carbocycles. The third-order valence-corrected chi connectivity index (χ3v) is 4.46. The van der Waals surface area contributed by atoms with Crippen LogP contribution >= 0.6 is 0 Å². The second-order valence-corrected chi connectivity index (χ2v) is 5.83. The van der Waals surface area contributed by atoms with Crippen LogP contribution in [0.4, 0.5) is 5.69 Å². The van der Waals surface area contributed by atoms with E-state index in [0.717, 1.165) is 25.4 Å². The zero-order valence-electron chi connectivity index (χ0n) is 11.1. The molecule has 0 spiro atoms. The van der Waals surface area contributed by atoms with Crippen molar-refractivity contribution in [3.05, 3.63) is 29.8 Å². The zero-order valence-corrected chi connectivity index (χ0v) is 11.1. The minimum Gasteiger partial charge on any atom is -0.399 e. The summed E-state index contributed by atoms with van der Waals surface area (Å²) in [6.45, 7) is 2.96. The first-order valence-electron chi connectivity index (χ1n) is 6.84. The second kappa shape index (κ2) is 4.56. The predicted octanol–water partition coefficient (Wildman–Crippen LogP) is 2.02. The molecule has 1 unspecified atom stereocenters. The van der Waals surface area contributed by atoms with Gasteiger partial charge in [0.15, 0.2) is 0 Å². The number of ether oxygens (including phenoxy) is 1. The van der Waals surface area contributed by atoms with Gasteiger partial charge in [0.05, 0.1) is 6.61 Å². The number of likely N-dealkylation sites (N-methyl/N-ethyl adjacent to an activating group) is 1. The van der Waals surface area contributed by atoms with Crippen LogP contribution in [-0.2, 0) is 10.2 Å². The molecule has 1 heterocycles. The predicted molar refractivity (Wildman–Crippen MR) is 73.6 cm³/mol. The fourth-order valence-electron chi connectivity index (χ4n) is 3.00. The van der Waals surface area contributed by atoms with Gasteiger partial charge in [-0.2, -0.15) is 0 Å². The van der Waals surface area contributed by atoms with E-state index in [1.807, 2.05) is 12.1 Å². The molecular weight excluding hydrogens is 224 g/mol. The summed E-state index contributed by atoms with van der Waals surface area (Å²) in [5.74, 6) is 0. The largest absolute Gasteiger partial charge is 0.399 e. The number of nitrogens with two attached hydrogens (primary N) is 1. The molecule has 1 atom stereocenters. The smallest absolute Gasteiger partial charge is 0.0622 e. The van der Waals surface area contributed by atoms with Gasteiger partial charge in [0.1, 0.15) is 0 Å². The Hall–Kier alpha value is -1.06. The van der Waals surface area contributed by atoms with Gasteiger partial charge in [-0.05, 0) is 44.0 Å². The molecule has 98 valence electrons. The summed E-state index contributed by atoms with van der Waals surface area (Å²) in [6.07, 6.45) is 3.78. The summed E-state index contributed by atoms with van der Waals surface area (Å²) in [4.78, 5) is 2.48. The van der Waals surface area contributed by atoms with Gasteiger partial charge in [-0.25, -0.2) is 0 Å². The topological polar surface area (TPSA) is 38.5 Å². The molecule has 1 saturated heterocycles. The first-order valence-corrected chi connectivity index (χ1v) is 6.84. The molecule has 1 aliphatic heterocycles. The van der Waals surface area contributed by atoms with Crippen molar-refractivity contribution in [2.75, 3.05) is 32.5 Å². The molecule has 3 rings (SSSR count).